The van der Waals surface area contributed by atoms with Crippen LogP contribution in [0.2, 0.25) is 0 Å². The normalized spacial score (nSPS) is 10.0. The maximum absolute atomic E-state index is 11.6. The molecule has 2 aromatic rings. The zero-order valence-electron chi connectivity index (χ0n) is 13.2. The molecule has 2 rings (SSSR count). The molecule has 0 aromatic heterocycles. The van der Waals surface area contributed by atoms with E-state index in [1.165, 1.54) is 7.11 Å². The largest absolute Gasteiger partial charge is 0.513 e. The number of benzene rings is 2. The van der Waals surface area contributed by atoms with Crippen molar-refractivity contribution in [2.75, 3.05) is 26.1 Å². The Morgan fingerprint density at radius 3 is 2.35 bits per heavy atom. The van der Waals surface area contributed by atoms with Crippen molar-refractivity contribution in [3.8, 4) is 11.5 Å². The van der Waals surface area contributed by atoms with Crippen molar-refractivity contribution in [2.45, 2.75) is 0 Å². The van der Waals surface area contributed by atoms with Crippen LogP contribution < -0.4 is 14.4 Å². The summed E-state index contributed by atoms with van der Waals surface area (Å²) in [6, 6.07) is 8.75. The van der Waals surface area contributed by atoms with Gasteiger partial charge in [-0.15, -0.1) is 0 Å². The molecule has 0 saturated heterocycles. The lowest BCUT2D eigenvalue weighted by atomic mass is 10.1. The molecule has 0 aliphatic rings. The van der Waals surface area contributed by atoms with Gasteiger partial charge >= 0.3 is 12.1 Å². The van der Waals surface area contributed by atoms with E-state index in [4.69, 9.17) is 9.47 Å². The van der Waals surface area contributed by atoms with Crippen LogP contribution in [0, 0.1) is 0 Å². The molecule has 0 fully saturated rings. The van der Waals surface area contributed by atoms with Crippen LogP contribution in [0.4, 0.5) is 10.5 Å². The molecule has 0 radical (unpaired) electrons. The molecular weight excluding hydrogens is 298 g/mol. The zero-order chi connectivity index (χ0) is 17.0. The molecule has 0 bridgehead atoms. The number of rotatable bonds is 4. The minimum Gasteiger partial charge on any atom is -0.437 e. The first-order chi connectivity index (χ1) is 11.0. The molecule has 0 heterocycles. The van der Waals surface area contributed by atoms with Gasteiger partial charge in [0.15, 0.2) is 5.75 Å². The van der Waals surface area contributed by atoms with Gasteiger partial charge in [0, 0.05) is 37.0 Å². The molecule has 0 spiro atoms. The van der Waals surface area contributed by atoms with Gasteiger partial charge in [0.1, 0.15) is 5.75 Å². The van der Waals surface area contributed by atoms with Crippen molar-refractivity contribution < 1.29 is 23.8 Å². The highest BCUT2D eigenvalue weighted by molar-refractivity contribution is 6.01. The number of nitrogens with zero attached hydrogens (tertiary/aromatic N) is 1. The molecular formula is C17H17NO5. The second kappa shape index (κ2) is 6.83. The highest BCUT2D eigenvalue weighted by atomic mass is 16.7. The monoisotopic (exact) mass is 315 g/mol. The maximum atomic E-state index is 11.6. The minimum atomic E-state index is -0.823. The highest BCUT2D eigenvalue weighted by Gasteiger charge is 2.19. The van der Waals surface area contributed by atoms with Crippen LogP contribution in [0.1, 0.15) is 0 Å². The van der Waals surface area contributed by atoms with E-state index >= 15 is 0 Å². The second-order valence-corrected chi connectivity index (χ2v) is 4.84. The van der Waals surface area contributed by atoms with Crippen LogP contribution in [-0.2, 0) is 9.53 Å². The van der Waals surface area contributed by atoms with Gasteiger partial charge in [-0.25, -0.2) is 9.59 Å². The Labute approximate surface area is 133 Å². The zero-order valence-corrected chi connectivity index (χ0v) is 13.2. The number of methoxy groups -OCH3 is 1. The van der Waals surface area contributed by atoms with Crippen LogP contribution in [0.5, 0.6) is 11.5 Å². The summed E-state index contributed by atoms with van der Waals surface area (Å²) in [6.45, 7) is 3.41. The standard InChI is InChI=1S/C17H17NO5/c1-5-15(19)23-16-12-9-7-6-8-11(12)14(22-17(20)21-4)10-13(16)18(2)3/h5-10H,1H2,2-4H3. The Morgan fingerprint density at radius 1 is 1.13 bits per heavy atom. The third-order valence-corrected chi connectivity index (χ3v) is 3.15. The van der Waals surface area contributed by atoms with E-state index in [1.54, 1.807) is 49.3 Å². The number of hydrogen-bond donors (Lipinski definition) is 0. The number of anilines is 1. The van der Waals surface area contributed by atoms with E-state index in [-0.39, 0.29) is 0 Å². The lowest BCUT2D eigenvalue weighted by molar-refractivity contribution is -0.128. The maximum Gasteiger partial charge on any atom is 0.513 e. The summed E-state index contributed by atoms with van der Waals surface area (Å²) in [5.74, 6) is 0.113. The van der Waals surface area contributed by atoms with Crippen molar-refractivity contribution in [2.24, 2.45) is 0 Å². The molecule has 0 atom stereocenters. The van der Waals surface area contributed by atoms with E-state index in [2.05, 4.69) is 11.3 Å². The minimum absolute atomic E-state index is 0.314. The summed E-state index contributed by atoms with van der Waals surface area (Å²) in [5.41, 5.74) is 0.581. The molecule has 6 heteroatoms. The predicted molar refractivity (Wildman–Crippen MR) is 87.1 cm³/mol. The number of carbonyl (C=O) groups is 2. The lowest BCUT2D eigenvalue weighted by Crippen LogP contribution is -2.14. The van der Waals surface area contributed by atoms with E-state index in [1.807, 2.05) is 0 Å². The van der Waals surface area contributed by atoms with Gasteiger partial charge < -0.3 is 19.1 Å². The van der Waals surface area contributed by atoms with E-state index in [0.717, 1.165) is 6.08 Å². The first-order valence-electron chi connectivity index (χ1n) is 6.81. The summed E-state index contributed by atoms with van der Waals surface area (Å²) in [6.07, 6.45) is 0.267. The Kier molecular flexibility index (Phi) is 4.85. The number of hydrogen-bond acceptors (Lipinski definition) is 6. The molecule has 0 unspecified atom stereocenters. The molecule has 6 nitrogen and oxygen atoms in total. The summed E-state index contributed by atoms with van der Waals surface area (Å²) in [4.78, 5) is 24.9. The number of ether oxygens (including phenoxy) is 3. The van der Waals surface area contributed by atoms with Crippen molar-refractivity contribution in [1.29, 1.82) is 0 Å². The summed E-state index contributed by atoms with van der Waals surface area (Å²) >= 11 is 0. The van der Waals surface area contributed by atoms with E-state index in [9.17, 15) is 9.59 Å². The Bertz CT molecular complexity index is 767. The molecule has 2 aromatic carbocycles. The first-order valence-corrected chi connectivity index (χ1v) is 6.81. The number of carbonyl (C=O) groups excluding carboxylic acids is 2. The second-order valence-electron chi connectivity index (χ2n) is 4.84. The van der Waals surface area contributed by atoms with E-state index in [0.29, 0.717) is 28.0 Å². The molecule has 0 saturated carbocycles. The average Bonchev–Trinajstić information content (AvgIpc) is 2.56. The Morgan fingerprint density at radius 2 is 1.78 bits per heavy atom. The number of fused-ring (bicyclic) bond motifs is 1. The third-order valence-electron chi connectivity index (χ3n) is 3.15. The fourth-order valence-electron chi connectivity index (χ4n) is 2.10. The first kappa shape index (κ1) is 16.4. The fourth-order valence-corrected chi connectivity index (χ4v) is 2.10. The summed E-state index contributed by atoms with van der Waals surface area (Å²) < 4.78 is 15.1. The molecule has 0 aliphatic carbocycles. The summed E-state index contributed by atoms with van der Waals surface area (Å²) in [7, 11) is 4.81. The molecule has 120 valence electrons. The fraction of sp³-hybridized carbons (Fsp3) is 0.176. The third kappa shape index (κ3) is 3.42. The average molecular weight is 315 g/mol. The smallest absolute Gasteiger partial charge is 0.437 e. The van der Waals surface area contributed by atoms with Crippen LogP contribution in [0.25, 0.3) is 10.8 Å². The topological polar surface area (TPSA) is 65.1 Å². The Balaban J connectivity index is 2.71. The number of esters is 1. The van der Waals surface area contributed by atoms with Gasteiger partial charge in [-0.1, -0.05) is 30.8 Å². The molecule has 0 N–H and O–H groups in total. The van der Waals surface area contributed by atoms with Crippen molar-refractivity contribution in [1.82, 2.24) is 0 Å². The van der Waals surface area contributed by atoms with Gasteiger partial charge in [0.2, 0.25) is 0 Å². The molecule has 0 amide bonds. The van der Waals surface area contributed by atoms with Crippen LogP contribution in [0.3, 0.4) is 0 Å². The van der Waals surface area contributed by atoms with E-state index < -0.39 is 12.1 Å². The van der Waals surface area contributed by atoms with Crippen molar-refractivity contribution in [3.63, 3.8) is 0 Å². The SMILES string of the molecule is C=CC(=O)Oc1c(N(C)C)cc(OC(=O)OC)c2ccccc12. The van der Waals surface area contributed by atoms with Crippen LogP contribution in [0.15, 0.2) is 43.0 Å². The van der Waals surface area contributed by atoms with Gasteiger partial charge in [-0.2, -0.15) is 0 Å². The highest BCUT2D eigenvalue weighted by Crippen LogP contribution is 2.41. The quantitative estimate of drug-likeness (QED) is 0.374. The lowest BCUT2D eigenvalue weighted by Gasteiger charge is -2.20. The van der Waals surface area contributed by atoms with Gasteiger partial charge in [0.25, 0.3) is 0 Å². The van der Waals surface area contributed by atoms with Crippen LogP contribution in [-0.4, -0.2) is 33.3 Å². The Hall–Kier alpha value is -3.02. The van der Waals surface area contributed by atoms with Gasteiger partial charge in [0.05, 0.1) is 12.8 Å². The van der Waals surface area contributed by atoms with Gasteiger partial charge in [-0.3, -0.25) is 0 Å². The summed E-state index contributed by atoms with van der Waals surface area (Å²) in [5, 5.41) is 1.25. The molecule has 23 heavy (non-hydrogen) atoms. The van der Waals surface area contributed by atoms with Gasteiger partial charge in [-0.05, 0) is 0 Å². The van der Waals surface area contributed by atoms with Crippen molar-refractivity contribution in [3.05, 3.63) is 43.0 Å². The predicted octanol–water partition coefficient (Wildman–Crippen LogP) is 3.14. The molecule has 0 aliphatic heterocycles. The van der Waals surface area contributed by atoms with Crippen LogP contribution >= 0.6 is 0 Å². The van der Waals surface area contributed by atoms with Crippen molar-refractivity contribution >= 4 is 28.6 Å².